The second-order valence-electron chi connectivity index (χ2n) is 4.84. The van der Waals surface area contributed by atoms with Crippen LogP contribution in [0.15, 0.2) is 12.8 Å². The fraction of sp³-hybridized carbons (Fsp3) is 0.857. The van der Waals surface area contributed by atoms with E-state index >= 15 is 0 Å². The van der Waals surface area contributed by atoms with Gasteiger partial charge in [-0.05, 0) is 18.1 Å². The maximum absolute atomic E-state index is 5.81. The average Bonchev–Trinajstić information content (AvgIpc) is 2.37. The molecule has 0 heterocycles. The molecule has 0 atom stereocenters. The monoisotopic (exact) mass is 258 g/mol. The lowest BCUT2D eigenvalue weighted by Gasteiger charge is -2.29. The third-order valence-corrected chi connectivity index (χ3v) is 7.49. The van der Waals surface area contributed by atoms with Crippen LogP contribution in [0.1, 0.15) is 59.3 Å². The fourth-order valence-corrected chi connectivity index (χ4v) is 6.40. The van der Waals surface area contributed by atoms with E-state index in [0.717, 1.165) is 0 Å². The Morgan fingerprint density at radius 3 is 1.59 bits per heavy atom. The second-order valence-corrected chi connectivity index (χ2v) is 8.87. The molecule has 0 aliphatic carbocycles. The van der Waals surface area contributed by atoms with Crippen molar-refractivity contribution in [3.63, 3.8) is 0 Å². The summed E-state index contributed by atoms with van der Waals surface area (Å²) >= 11 is 0. The summed E-state index contributed by atoms with van der Waals surface area (Å²) in [4.78, 5) is 5.12. The standard InChI is InChI=1S/C14H30O2Si/c1-5-9-12-17(13-10-6-2,14-11-7-3)16-15-8-4/h8H,4-7,9-14H2,1-3H3. The van der Waals surface area contributed by atoms with Gasteiger partial charge in [-0.1, -0.05) is 65.9 Å². The zero-order valence-electron chi connectivity index (χ0n) is 12.0. The minimum atomic E-state index is -1.67. The van der Waals surface area contributed by atoms with E-state index in [0.29, 0.717) is 0 Å². The Hall–Kier alpha value is -0.283. The molecule has 102 valence electrons. The summed E-state index contributed by atoms with van der Waals surface area (Å²) in [6.07, 6.45) is 8.94. The van der Waals surface area contributed by atoms with E-state index < -0.39 is 8.32 Å². The Bertz CT molecular complexity index is 161. The molecule has 0 aromatic carbocycles. The normalized spacial score (nSPS) is 11.5. The van der Waals surface area contributed by atoms with Gasteiger partial charge in [0.05, 0.1) is 0 Å². The molecule has 0 bridgehead atoms. The van der Waals surface area contributed by atoms with E-state index in [2.05, 4.69) is 27.4 Å². The lowest BCUT2D eigenvalue weighted by atomic mass is 10.4. The quantitative estimate of drug-likeness (QED) is 0.201. The van der Waals surface area contributed by atoms with E-state index in [1.165, 1.54) is 62.9 Å². The summed E-state index contributed by atoms with van der Waals surface area (Å²) < 4.78 is 5.81. The summed E-state index contributed by atoms with van der Waals surface area (Å²) in [5.41, 5.74) is 0. The maximum Gasteiger partial charge on any atom is 0.254 e. The van der Waals surface area contributed by atoms with Crippen LogP contribution in [0.2, 0.25) is 18.1 Å². The van der Waals surface area contributed by atoms with Crippen molar-refractivity contribution < 1.29 is 9.46 Å². The molecule has 0 fully saturated rings. The maximum atomic E-state index is 5.81. The Kier molecular flexibility index (Phi) is 10.7. The van der Waals surface area contributed by atoms with Gasteiger partial charge in [-0.25, -0.2) is 4.58 Å². The van der Waals surface area contributed by atoms with Crippen LogP contribution in [0.5, 0.6) is 0 Å². The lowest BCUT2D eigenvalue weighted by molar-refractivity contribution is -0.163. The molecule has 0 unspecified atom stereocenters. The van der Waals surface area contributed by atoms with Crippen LogP contribution in [0.3, 0.4) is 0 Å². The highest BCUT2D eigenvalue weighted by molar-refractivity contribution is 6.73. The molecule has 0 amide bonds. The number of rotatable bonds is 12. The summed E-state index contributed by atoms with van der Waals surface area (Å²) in [6, 6.07) is 3.70. The van der Waals surface area contributed by atoms with Crippen molar-refractivity contribution in [1.82, 2.24) is 0 Å². The van der Waals surface area contributed by atoms with Crippen molar-refractivity contribution in [2.45, 2.75) is 77.4 Å². The lowest BCUT2D eigenvalue weighted by Crippen LogP contribution is -2.37. The second kappa shape index (κ2) is 10.8. The number of hydrogen-bond donors (Lipinski definition) is 0. The van der Waals surface area contributed by atoms with Crippen LogP contribution in [-0.4, -0.2) is 8.32 Å². The highest BCUT2D eigenvalue weighted by Gasteiger charge is 2.35. The van der Waals surface area contributed by atoms with Crippen LogP contribution < -0.4 is 0 Å². The van der Waals surface area contributed by atoms with Crippen molar-refractivity contribution in [2.24, 2.45) is 0 Å². The van der Waals surface area contributed by atoms with Gasteiger partial charge in [0.25, 0.3) is 8.32 Å². The first-order chi connectivity index (χ1) is 8.24. The van der Waals surface area contributed by atoms with Crippen molar-refractivity contribution in [2.75, 3.05) is 0 Å². The van der Waals surface area contributed by atoms with E-state index in [9.17, 15) is 0 Å². The molecular weight excluding hydrogens is 228 g/mol. The summed E-state index contributed by atoms with van der Waals surface area (Å²) in [5.74, 6) is 0. The first-order valence-corrected chi connectivity index (χ1v) is 9.73. The van der Waals surface area contributed by atoms with Gasteiger partial charge >= 0.3 is 0 Å². The van der Waals surface area contributed by atoms with Crippen molar-refractivity contribution >= 4 is 8.32 Å². The molecule has 3 heteroatoms. The molecular formula is C14H30O2Si. The third-order valence-electron chi connectivity index (χ3n) is 3.25. The first kappa shape index (κ1) is 16.7. The highest BCUT2D eigenvalue weighted by atomic mass is 28.4. The van der Waals surface area contributed by atoms with E-state index in [4.69, 9.17) is 9.46 Å². The first-order valence-electron chi connectivity index (χ1n) is 7.20. The van der Waals surface area contributed by atoms with Gasteiger partial charge in [-0.2, -0.15) is 0 Å². The van der Waals surface area contributed by atoms with Crippen LogP contribution in [-0.2, 0) is 9.46 Å². The smallest absolute Gasteiger partial charge is 0.254 e. The molecule has 2 nitrogen and oxygen atoms in total. The topological polar surface area (TPSA) is 18.5 Å². The molecule has 0 aromatic rings. The van der Waals surface area contributed by atoms with E-state index in [-0.39, 0.29) is 0 Å². The minimum absolute atomic E-state index is 1.23. The molecule has 0 aliphatic heterocycles. The predicted octanol–water partition coefficient (Wildman–Crippen LogP) is 5.42. The molecule has 0 aliphatic rings. The molecule has 0 saturated carbocycles. The van der Waals surface area contributed by atoms with Gasteiger partial charge in [0, 0.05) is 0 Å². The van der Waals surface area contributed by atoms with Crippen molar-refractivity contribution in [3.05, 3.63) is 12.8 Å². The van der Waals surface area contributed by atoms with Crippen LogP contribution >= 0.6 is 0 Å². The van der Waals surface area contributed by atoms with Crippen LogP contribution in [0.4, 0.5) is 0 Å². The van der Waals surface area contributed by atoms with Crippen molar-refractivity contribution in [1.29, 1.82) is 0 Å². The number of hydrogen-bond acceptors (Lipinski definition) is 2. The molecule has 0 radical (unpaired) electrons. The average molecular weight is 258 g/mol. The van der Waals surface area contributed by atoms with E-state index in [1.54, 1.807) is 0 Å². The van der Waals surface area contributed by atoms with Gasteiger partial charge in [0.1, 0.15) is 6.26 Å². The van der Waals surface area contributed by atoms with Crippen LogP contribution in [0.25, 0.3) is 0 Å². The summed E-state index contributed by atoms with van der Waals surface area (Å²) in [6.45, 7) is 10.3. The summed E-state index contributed by atoms with van der Waals surface area (Å²) in [7, 11) is -1.67. The molecule has 0 spiro atoms. The van der Waals surface area contributed by atoms with Gasteiger partial charge in [0.2, 0.25) is 0 Å². The zero-order chi connectivity index (χ0) is 13.0. The third kappa shape index (κ3) is 7.61. The largest absolute Gasteiger partial charge is 0.358 e. The molecule has 0 aromatic heterocycles. The van der Waals surface area contributed by atoms with Gasteiger partial charge < -0.3 is 4.89 Å². The molecule has 0 saturated heterocycles. The Balaban J connectivity index is 4.44. The van der Waals surface area contributed by atoms with Crippen molar-refractivity contribution in [3.8, 4) is 0 Å². The SMILES string of the molecule is C=COO[Si](CCCC)(CCCC)CCCC. The minimum Gasteiger partial charge on any atom is -0.358 e. The Morgan fingerprint density at radius 2 is 1.29 bits per heavy atom. The van der Waals surface area contributed by atoms with Gasteiger partial charge in [-0.3, -0.25) is 0 Å². The fourth-order valence-electron chi connectivity index (χ4n) is 2.13. The van der Waals surface area contributed by atoms with E-state index in [1.807, 2.05) is 0 Å². The Labute approximate surface area is 108 Å². The van der Waals surface area contributed by atoms with Crippen LogP contribution in [0, 0.1) is 0 Å². The molecule has 0 rings (SSSR count). The predicted molar refractivity (Wildman–Crippen MR) is 77.3 cm³/mol. The van der Waals surface area contributed by atoms with Gasteiger partial charge in [0.15, 0.2) is 0 Å². The molecule has 17 heavy (non-hydrogen) atoms. The Morgan fingerprint density at radius 1 is 0.882 bits per heavy atom. The zero-order valence-corrected chi connectivity index (χ0v) is 13.0. The summed E-state index contributed by atoms with van der Waals surface area (Å²) in [5, 5.41) is 0. The molecule has 0 N–H and O–H groups in total. The number of unbranched alkanes of at least 4 members (excludes halogenated alkanes) is 3. The highest BCUT2D eigenvalue weighted by Crippen LogP contribution is 2.29. The van der Waals surface area contributed by atoms with Gasteiger partial charge in [-0.15, -0.1) is 0 Å².